The van der Waals surface area contributed by atoms with Crippen molar-refractivity contribution < 1.29 is 12.8 Å². The van der Waals surface area contributed by atoms with Crippen molar-refractivity contribution in [3.63, 3.8) is 0 Å². The molecule has 1 aliphatic rings. The van der Waals surface area contributed by atoms with Crippen molar-refractivity contribution in [2.45, 2.75) is 49.9 Å². The van der Waals surface area contributed by atoms with E-state index in [1.807, 2.05) is 25.9 Å². The Hall–Kier alpha value is -0.890. The van der Waals surface area contributed by atoms with Crippen molar-refractivity contribution in [1.29, 1.82) is 0 Å². The van der Waals surface area contributed by atoms with Gasteiger partial charge in [0.05, 0.1) is 6.54 Å². The topological polar surface area (TPSA) is 74.6 Å². The van der Waals surface area contributed by atoms with Crippen molar-refractivity contribution in [3.8, 4) is 0 Å². The molecule has 1 heterocycles. The van der Waals surface area contributed by atoms with Crippen LogP contribution in [0.2, 0.25) is 0 Å². The summed E-state index contributed by atoms with van der Waals surface area (Å²) in [5, 5.41) is 3.29. The summed E-state index contributed by atoms with van der Waals surface area (Å²) in [5.74, 6) is 0.656. The molecule has 0 bridgehead atoms. The van der Waals surface area contributed by atoms with Gasteiger partial charge in [-0.3, -0.25) is 0 Å². The van der Waals surface area contributed by atoms with Gasteiger partial charge in [-0.05, 0) is 59.0 Å². The summed E-state index contributed by atoms with van der Waals surface area (Å²) < 4.78 is 32.5. The molecule has 21 heavy (non-hydrogen) atoms. The Morgan fingerprint density at radius 3 is 2.71 bits per heavy atom. The Morgan fingerprint density at radius 1 is 1.38 bits per heavy atom. The van der Waals surface area contributed by atoms with E-state index in [1.165, 1.54) is 18.9 Å². The van der Waals surface area contributed by atoms with Gasteiger partial charge in [0.15, 0.2) is 0 Å². The Balaban J connectivity index is 1.88. The Labute approximate surface area is 126 Å². The maximum absolute atomic E-state index is 12.2. The van der Waals surface area contributed by atoms with E-state index in [2.05, 4.69) is 10.0 Å². The SMILES string of the molecule is CC(CCN(C)C)NS(=O)(=O)c1ccc(CNC2CC2)o1. The van der Waals surface area contributed by atoms with Crippen LogP contribution in [0.15, 0.2) is 21.6 Å². The van der Waals surface area contributed by atoms with Crippen LogP contribution < -0.4 is 10.0 Å². The average Bonchev–Trinajstić information content (AvgIpc) is 3.09. The van der Waals surface area contributed by atoms with Gasteiger partial charge in [-0.2, -0.15) is 0 Å². The Bertz CT molecular complexity index is 550. The predicted octanol–water partition coefficient (Wildman–Crippen LogP) is 1.15. The molecule has 1 unspecified atom stereocenters. The second-order valence-corrected chi connectivity index (χ2v) is 7.64. The summed E-state index contributed by atoms with van der Waals surface area (Å²) in [4.78, 5) is 2.03. The van der Waals surface area contributed by atoms with Crippen molar-refractivity contribution in [1.82, 2.24) is 14.9 Å². The van der Waals surface area contributed by atoms with E-state index in [9.17, 15) is 8.42 Å². The number of rotatable bonds is 9. The van der Waals surface area contributed by atoms with Crippen LogP contribution in [0, 0.1) is 0 Å². The van der Waals surface area contributed by atoms with E-state index < -0.39 is 10.0 Å². The lowest BCUT2D eigenvalue weighted by Gasteiger charge is -2.15. The van der Waals surface area contributed by atoms with Crippen LogP contribution in [0.5, 0.6) is 0 Å². The van der Waals surface area contributed by atoms with E-state index in [1.54, 1.807) is 6.07 Å². The molecule has 1 atom stereocenters. The summed E-state index contributed by atoms with van der Waals surface area (Å²) >= 11 is 0. The fourth-order valence-electron chi connectivity index (χ4n) is 1.96. The molecule has 1 aliphatic carbocycles. The minimum absolute atomic E-state index is 0.00759. The minimum Gasteiger partial charge on any atom is -0.447 e. The number of nitrogens with one attached hydrogen (secondary N) is 2. The third kappa shape index (κ3) is 5.43. The minimum atomic E-state index is -3.57. The van der Waals surface area contributed by atoms with E-state index in [-0.39, 0.29) is 11.1 Å². The van der Waals surface area contributed by atoms with E-state index in [4.69, 9.17) is 4.42 Å². The first kappa shape index (κ1) is 16.5. The quantitative estimate of drug-likeness (QED) is 0.715. The third-order valence-corrected chi connectivity index (χ3v) is 4.87. The van der Waals surface area contributed by atoms with Crippen molar-refractivity contribution in [2.75, 3.05) is 20.6 Å². The smallest absolute Gasteiger partial charge is 0.274 e. The summed E-state index contributed by atoms with van der Waals surface area (Å²) in [5.41, 5.74) is 0. The monoisotopic (exact) mass is 315 g/mol. The van der Waals surface area contributed by atoms with Crippen molar-refractivity contribution >= 4 is 10.0 Å². The average molecular weight is 315 g/mol. The molecule has 0 spiro atoms. The predicted molar refractivity (Wildman–Crippen MR) is 81.5 cm³/mol. The maximum atomic E-state index is 12.2. The van der Waals surface area contributed by atoms with Gasteiger partial charge in [-0.1, -0.05) is 0 Å². The molecule has 2 N–H and O–H groups in total. The van der Waals surface area contributed by atoms with Crippen LogP contribution in [-0.4, -0.2) is 46.0 Å². The zero-order valence-corrected chi connectivity index (χ0v) is 13.7. The van der Waals surface area contributed by atoms with Crippen LogP contribution in [0.1, 0.15) is 31.9 Å². The molecule has 0 amide bonds. The summed E-state index contributed by atoms with van der Waals surface area (Å²) in [6, 6.07) is 3.68. The van der Waals surface area contributed by atoms with Gasteiger partial charge < -0.3 is 14.6 Å². The normalized spacial score (nSPS) is 17.3. The highest BCUT2D eigenvalue weighted by Crippen LogP contribution is 2.20. The molecule has 1 fully saturated rings. The van der Waals surface area contributed by atoms with Gasteiger partial charge in [0, 0.05) is 12.1 Å². The zero-order valence-electron chi connectivity index (χ0n) is 12.9. The van der Waals surface area contributed by atoms with Crippen LogP contribution >= 0.6 is 0 Å². The number of hydrogen-bond donors (Lipinski definition) is 2. The van der Waals surface area contributed by atoms with Gasteiger partial charge >= 0.3 is 0 Å². The summed E-state index contributed by atoms with van der Waals surface area (Å²) in [6.07, 6.45) is 3.14. The molecule has 6 nitrogen and oxygen atoms in total. The molecule has 7 heteroatoms. The van der Waals surface area contributed by atoms with Gasteiger partial charge in [0.2, 0.25) is 5.09 Å². The second kappa shape index (κ2) is 6.91. The molecular weight excluding hydrogens is 290 g/mol. The Morgan fingerprint density at radius 2 is 2.10 bits per heavy atom. The second-order valence-electron chi connectivity index (χ2n) is 5.99. The largest absolute Gasteiger partial charge is 0.447 e. The van der Waals surface area contributed by atoms with E-state index in [0.717, 1.165) is 13.0 Å². The van der Waals surface area contributed by atoms with E-state index in [0.29, 0.717) is 18.3 Å². The van der Waals surface area contributed by atoms with E-state index >= 15 is 0 Å². The van der Waals surface area contributed by atoms with Crippen LogP contribution in [-0.2, 0) is 16.6 Å². The van der Waals surface area contributed by atoms with Crippen molar-refractivity contribution in [3.05, 3.63) is 17.9 Å². The van der Waals surface area contributed by atoms with Crippen LogP contribution in [0.25, 0.3) is 0 Å². The van der Waals surface area contributed by atoms with Crippen LogP contribution in [0.4, 0.5) is 0 Å². The Kier molecular flexibility index (Phi) is 5.43. The lowest BCUT2D eigenvalue weighted by atomic mass is 10.2. The highest BCUT2D eigenvalue weighted by molar-refractivity contribution is 7.89. The summed E-state index contributed by atoms with van der Waals surface area (Å²) in [6.45, 7) is 3.27. The first-order valence-corrected chi connectivity index (χ1v) is 8.84. The standard InChI is InChI=1S/C14H25N3O3S/c1-11(8-9-17(2)3)16-21(18,19)14-7-6-13(20-14)10-15-12-4-5-12/h6-7,11-12,15-16H,4-5,8-10H2,1-3H3. The molecule has 120 valence electrons. The molecule has 1 aromatic rings. The van der Waals surface area contributed by atoms with Gasteiger partial charge in [0.25, 0.3) is 10.0 Å². The summed E-state index contributed by atoms with van der Waals surface area (Å²) in [7, 11) is 0.358. The van der Waals surface area contributed by atoms with Crippen LogP contribution in [0.3, 0.4) is 0 Å². The highest BCUT2D eigenvalue weighted by atomic mass is 32.2. The number of hydrogen-bond acceptors (Lipinski definition) is 5. The number of nitrogens with zero attached hydrogens (tertiary/aromatic N) is 1. The van der Waals surface area contributed by atoms with Gasteiger partial charge in [-0.15, -0.1) is 0 Å². The number of sulfonamides is 1. The number of furan rings is 1. The van der Waals surface area contributed by atoms with Crippen molar-refractivity contribution in [2.24, 2.45) is 0 Å². The van der Waals surface area contributed by atoms with Gasteiger partial charge in [-0.25, -0.2) is 13.1 Å². The molecule has 0 radical (unpaired) electrons. The highest BCUT2D eigenvalue weighted by Gasteiger charge is 2.23. The maximum Gasteiger partial charge on any atom is 0.274 e. The van der Waals surface area contributed by atoms with Gasteiger partial charge in [0.1, 0.15) is 5.76 Å². The molecule has 2 rings (SSSR count). The first-order chi connectivity index (χ1) is 9.87. The third-order valence-electron chi connectivity index (χ3n) is 3.41. The molecule has 0 aromatic carbocycles. The lowest BCUT2D eigenvalue weighted by Crippen LogP contribution is -2.34. The lowest BCUT2D eigenvalue weighted by molar-refractivity contribution is 0.373. The first-order valence-electron chi connectivity index (χ1n) is 7.36. The molecular formula is C14H25N3O3S. The fourth-order valence-corrected chi connectivity index (χ4v) is 3.19. The fraction of sp³-hybridized carbons (Fsp3) is 0.714. The molecule has 1 saturated carbocycles. The zero-order chi connectivity index (χ0) is 15.5. The molecule has 1 aromatic heterocycles. The molecule has 0 saturated heterocycles. The molecule has 0 aliphatic heterocycles.